The number of aromatic carboxylic acids is 1. The summed E-state index contributed by atoms with van der Waals surface area (Å²) < 4.78 is 7.39. The monoisotopic (exact) mass is 258 g/mol. The lowest BCUT2D eigenvalue weighted by Gasteiger charge is -2.25. The van der Waals surface area contributed by atoms with Gasteiger partial charge in [-0.2, -0.15) is 5.10 Å². The van der Waals surface area contributed by atoms with Crippen molar-refractivity contribution in [3.63, 3.8) is 0 Å². The molecule has 3 rings (SSSR count). The van der Waals surface area contributed by atoms with Crippen LogP contribution in [0.3, 0.4) is 0 Å². The first-order valence-corrected chi connectivity index (χ1v) is 6.19. The van der Waals surface area contributed by atoms with Crippen LogP contribution < -0.4 is 0 Å². The maximum absolute atomic E-state index is 10.8. The Morgan fingerprint density at radius 1 is 1.47 bits per heavy atom. The van der Waals surface area contributed by atoms with E-state index in [-0.39, 0.29) is 11.7 Å². The van der Waals surface area contributed by atoms with Crippen molar-refractivity contribution < 1.29 is 14.6 Å². The van der Waals surface area contributed by atoms with Crippen LogP contribution in [0.1, 0.15) is 27.6 Å². The van der Waals surface area contributed by atoms with Gasteiger partial charge < -0.3 is 9.84 Å². The van der Waals surface area contributed by atoms with E-state index >= 15 is 0 Å². The van der Waals surface area contributed by atoms with Crippen molar-refractivity contribution in [2.24, 2.45) is 0 Å². The number of aromatic nitrogens is 2. The molecular weight excluding hydrogens is 244 g/mol. The molecule has 0 spiro atoms. The van der Waals surface area contributed by atoms with E-state index in [1.165, 1.54) is 23.5 Å². The van der Waals surface area contributed by atoms with Crippen LogP contribution in [0.15, 0.2) is 36.7 Å². The fourth-order valence-corrected chi connectivity index (χ4v) is 2.37. The largest absolute Gasteiger partial charge is 0.478 e. The molecule has 1 N–H and O–H groups in total. The molecule has 1 aromatic carbocycles. The predicted octanol–water partition coefficient (Wildman–Crippen LogP) is 1.90. The summed E-state index contributed by atoms with van der Waals surface area (Å²) in [7, 11) is 0. The summed E-state index contributed by atoms with van der Waals surface area (Å²) in [6.45, 7) is 1.22. The van der Waals surface area contributed by atoms with Crippen LogP contribution in [-0.4, -0.2) is 27.5 Å². The van der Waals surface area contributed by atoms with Crippen LogP contribution >= 0.6 is 0 Å². The number of nitrogens with zero attached hydrogens (tertiary/aromatic N) is 2. The second-order valence-electron chi connectivity index (χ2n) is 4.56. The number of hydrogen-bond donors (Lipinski definition) is 1. The normalized spacial score (nSPS) is 18.0. The van der Waals surface area contributed by atoms with Crippen LogP contribution in [-0.2, 0) is 17.7 Å². The predicted molar refractivity (Wildman–Crippen MR) is 68.0 cm³/mol. The molecular formula is C14H14N2O3. The van der Waals surface area contributed by atoms with Gasteiger partial charge in [-0.1, -0.05) is 24.3 Å². The Hall–Kier alpha value is -2.14. The molecule has 5 heteroatoms. The molecule has 1 aliphatic heterocycles. The molecule has 0 fully saturated rings. The average molecular weight is 258 g/mol. The molecule has 0 amide bonds. The number of rotatable bonds is 3. The van der Waals surface area contributed by atoms with Gasteiger partial charge in [-0.15, -0.1) is 0 Å². The highest BCUT2D eigenvalue weighted by molar-refractivity contribution is 5.86. The van der Waals surface area contributed by atoms with E-state index in [0.29, 0.717) is 13.2 Å². The van der Waals surface area contributed by atoms with Gasteiger partial charge >= 0.3 is 5.97 Å². The number of carboxylic acids is 1. The van der Waals surface area contributed by atoms with E-state index in [0.717, 1.165) is 6.42 Å². The summed E-state index contributed by atoms with van der Waals surface area (Å²) in [5.74, 6) is -0.962. The van der Waals surface area contributed by atoms with Gasteiger partial charge in [0.1, 0.15) is 6.10 Å². The third-order valence-corrected chi connectivity index (χ3v) is 3.33. The Labute approximate surface area is 110 Å². The van der Waals surface area contributed by atoms with E-state index < -0.39 is 5.97 Å². The summed E-state index contributed by atoms with van der Waals surface area (Å²) in [5.41, 5.74) is 2.66. The fraction of sp³-hybridized carbons (Fsp3) is 0.286. The maximum atomic E-state index is 10.8. The van der Waals surface area contributed by atoms with Crippen molar-refractivity contribution in [2.75, 3.05) is 6.61 Å². The zero-order valence-corrected chi connectivity index (χ0v) is 10.3. The molecule has 0 saturated carbocycles. The van der Waals surface area contributed by atoms with Crippen LogP contribution in [0.25, 0.3) is 0 Å². The summed E-state index contributed by atoms with van der Waals surface area (Å²) in [4.78, 5) is 10.8. The highest BCUT2D eigenvalue weighted by atomic mass is 16.5. The first kappa shape index (κ1) is 11.9. The topological polar surface area (TPSA) is 64.3 Å². The standard InChI is InChI=1S/C14H14N2O3/c17-14(18)11-7-15-16(8-11)9-13-12-4-2-1-3-10(12)5-6-19-13/h1-4,7-8,13H,5-6,9H2,(H,17,18). The summed E-state index contributed by atoms with van der Waals surface area (Å²) in [5, 5.41) is 12.9. The van der Waals surface area contributed by atoms with Gasteiger partial charge in [0.2, 0.25) is 0 Å². The number of carboxylic acid groups (broad SMARTS) is 1. The quantitative estimate of drug-likeness (QED) is 0.913. The highest BCUT2D eigenvalue weighted by Gasteiger charge is 2.21. The number of hydrogen-bond acceptors (Lipinski definition) is 3. The summed E-state index contributed by atoms with van der Waals surface area (Å²) >= 11 is 0. The van der Waals surface area contributed by atoms with E-state index in [4.69, 9.17) is 9.84 Å². The minimum Gasteiger partial charge on any atom is -0.478 e. The smallest absolute Gasteiger partial charge is 0.338 e. The lowest BCUT2D eigenvalue weighted by atomic mass is 9.98. The highest BCUT2D eigenvalue weighted by Crippen LogP contribution is 2.28. The molecule has 2 aromatic rings. The Morgan fingerprint density at radius 3 is 3.11 bits per heavy atom. The maximum Gasteiger partial charge on any atom is 0.338 e. The van der Waals surface area contributed by atoms with Gasteiger partial charge in [0.05, 0.1) is 24.9 Å². The van der Waals surface area contributed by atoms with Gasteiger partial charge in [-0.05, 0) is 17.5 Å². The van der Waals surface area contributed by atoms with E-state index in [2.05, 4.69) is 17.2 Å². The lowest BCUT2D eigenvalue weighted by Crippen LogP contribution is -2.20. The molecule has 0 bridgehead atoms. The van der Waals surface area contributed by atoms with Crippen molar-refractivity contribution in [2.45, 2.75) is 19.1 Å². The summed E-state index contributed by atoms with van der Waals surface area (Å²) in [6.07, 6.45) is 3.75. The first-order chi connectivity index (χ1) is 9.24. The third-order valence-electron chi connectivity index (χ3n) is 3.33. The minimum atomic E-state index is -0.962. The minimum absolute atomic E-state index is 0.0634. The fourth-order valence-electron chi connectivity index (χ4n) is 2.37. The Bertz CT molecular complexity index is 606. The van der Waals surface area contributed by atoms with Crippen LogP contribution in [0, 0.1) is 0 Å². The third kappa shape index (κ3) is 2.37. The zero-order chi connectivity index (χ0) is 13.2. The van der Waals surface area contributed by atoms with Crippen molar-refractivity contribution in [1.82, 2.24) is 9.78 Å². The first-order valence-electron chi connectivity index (χ1n) is 6.19. The molecule has 0 aliphatic carbocycles. The molecule has 2 heterocycles. The Balaban J connectivity index is 1.82. The van der Waals surface area contributed by atoms with Crippen molar-refractivity contribution in [1.29, 1.82) is 0 Å². The molecule has 0 radical (unpaired) electrons. The van der Waals surface area contributed by atoms with E-state index in [1.807, 2.05) is 12.1 Å². The van der Waals surface area contributed by atoms with Crippen molar-refractivity contribution >= 4 is 5.97 Å². The Morgan fingerprint density at radius 2 is 2.32 bits per heavy atom. The number of benzene rings is 1. The molecule has 1 unspecified atom stereocenters. The number of carbonyl (C=O) groups is 1. The molecule has 19 heavy (non-hydrogen) atoms. The number of fused-ring (bicyclic) bond motifs is 1. The molecule has 1 atom stereocenters. The van der Waals surface area contributed by atoms with Gasteiger partial charge in [-0.3, -0.25) is 4.68 Å². The number of ether oxygens (including phenoxy) is 1. The Kier molecular flexibility index (Phi) is 3.05. The SMILES string of the molecule is O=C(O)c1cnn(CC2OCCc3ccccc32)c1. The zero-order valence-electron chi connectivity index (χ0n) is 10.3. The molecule has 0 saturated heterocycles. The molecule has 1 aliphatic rings. The molecule has 1 aromatic heterocycles. The second kappa shape index (κ2) is 4.85. The van der Waals surface area contributed by atoms with E-state index in [9.17, 15) is 4.79 Å². The van der Waals surface area contributed by atoms with Gasteiger partial charge in [0.25, 0.3) is 0 Å². The van der Waals surface area contributed by atoms with Gasteiger partial charge in [0, 0.05) is 6.20 Å². The van der Waals surface area contributed by atoms with E-state index in [1.54, 1.807) is 4.68 Å². The van der Waals surface area contributed by atoms with Crippen molar-refractivity contribution in [3.05, 3.63) is 53.3 Å². The van der Waals surface area contributed by atoms with Gasteiger partial charge in [0.15, 0.2) is 0 Å². The molecule has 5 nitrogen and oxygen atoms in total. The van der Waals surface area contributed by atoms with Gasteiger partial charge in [-0.25, -0.2) is 4.79 Å². The lowest BCUT2D eigenvalue weighted by molar-refractivity contribution is 0.0282. The summed E-state index contributed by atoms with van der Waals surface area (Å²) in [6, 6.07) is 8.18. The average Bonchev–Trinajstić information content (AvgIpc) is 2.88. The second-order valence-corrected chi connectivity index (χ2v) is 4.56. The van der Waals surface area contributed by atoms with Crippen LogP contribution in [0.4, 0.5) is 0 Å². The van der Waals surface area contributed by atoms with Crippen molar-refractivity contribution in [3.8, 4) is 0 Å². The van der Waals surface area contributed by atoms with Crippen LogP contribution in [0.2, 0.25) is 0 Å². The molecule has 98 valence electrons. The van der Waals surface area contributed by atoms with Crippen LogP contribution in [0.5, 0.6) is 0 Å².